The molecule has 6 heteroatoms. The summed E-state index contributed by atoms with van der Waals surface area (Å²) >= 11 is 0. The van der Waals surface area contributed by atoms with E-state index in [1.54, 1.807) is 7.11 Å². The van der Waals surface area contributed by atoms with Crippen LogP contribution in [0.3, 0.4) is 0 Å². The molecule has 0 bridgehead atoms. The fraction of sp³-hybridized carbons (Fsp3) is 0.143. The second-order valence-electron chi connectivity index (χ2n) is 5.99. The number of imidazole rings is 1. The molecule has 0 unspecified atom stereocenters. The fourth-order valence-corrected chi connectivity index (χ4v) is 2.76. The van der Waals surface area contributed by atoms with Crippen LogP contribution < -0.4 is 10.1 Å². The van der Waals surface area contributed by atoms with E-state index in [0.29, 0.717) is 13.2 Å². The largest absolute Gasteiger partial charge is 0.457 e. The van der Waals surface area contributed by atoms with Crippen LogP contribution in [0, 0.1) is 0 Å². The highest BCUT2D eigenvalue weighted by molar-refractivity contribution is 5.64. The molecule has 0 saturated carbocycles. The molecule has 0 aliphatic rings. The number of ether oxygens (including phenoxy) is 2. The lowest BCUT2D eigenvalue weighted by molar-refractivity contribution is 0.210. The Morgan fingerprint density at radius 3 is 2.48 bits per heavy atom. The van der Waals surface area contributed by atoms with Crippen molar-refractivity contribution in [2.24, 2.45) is 0 Å². The van der Waals surface area contributed by atoms with Crippen molar-refractivity contribution in [3.63, 3.8) is 0 Å². The van der Waals surface area contributed by atoms with E-state index in [-0.39, 0.29) is 0 Å². The van der Waals surface area contributed by atoms with E-state index in [0.717, 1.165) is 34.2 Å². The summed E-state index contributed by atoms with van der Waals surface area (Å²) in [5, 5.41) is 7.87. The highest BCUT2D eigenvalue weighted by Crippen LogP contribution is 2.26. The molecule has 2 aromatic heterocycles. The van der Waals surface area contributed by atoms with Crippen LogP contribution >= 0.6 is 0 Å². The third-order valence-electron chi connectivity index (χ3n) is 4.10. The van der Waals surface area contributed by atoms with Gasteiger partial charge >= 0.3 is 0 Å². The first-order chi connectivity index (χ1) is 13.3. The number of rotatable bonds is 7. The number of hydrogen-bond acceptors (Lipinski definition) is 5. The van der Waals surface area contributed by atoms with Crippen molar-refractivity contribution in [3.05, 3.63) is 72.9 Å². The Morgan fingerprint density at radius 1 is 0.926 bits per heavy atom. The molecule has 27 heavy (non-hydrogen) atoms. The van der Waals surface area contributed by atoms with Gasteiger partial charge in [0.05, 0.1) is 18.5 Å². The van der Waals surface area contributed by atoms with Crippen LogP contribution in [0.15, 0.2) is 72.9 Å². The van der Waals surface area contributed by atoms with Crippen molar-refractivity contribution < 1.29 is 9.47 Å². The van der Waals surface area contributed by atoms with E-state index in [1.807, 2.05) is 77.4 Å². The molecule has 4 rings (SSSR count). The normalized spacial score (nSPS) is 10.9. The number of nitrogens with zero attached hydrogens (tertiary/aromatic N) is 3. The molecule has 6 nitrogen and oxygen atoms in total. The van der Waals surface area contributed by atoms with Gasteiger partial charge in [-0.2, -0.15) is 0 Å². The van der Waals surface area contributed by atoms with Gasteiger partial charge in [0.25, 0.3) is 0 Å². The van der Waals surface area contributed by atoms with Crippen molar-refractivity contribution in [1.29, 1.82) is 0 Å². The van der Waals surface area contributed by atoms with Gasteiger partial charge in [-0.05, 0) is 48.5 Å². The Balaban J connectivity index is 1.57. The van der Waals surface area contributed by atoms with Crippen LogP contribution in [-0.2, 0) is 4.74 Å². The number of hydrogen-bond donors (Lipinski definition) is 1. The first-order valence-corrected chi connectivity index (χ1v) is 8.74. The molecule has 1 N–H and O–H groups in total. The summed E-state index contributed by atoms with van der Waals surface area (Å²) in [6.45, 7) is 1.32. The third kappa shape index (κ3) is 3.91. The van der Waals surface area contributed by atoms with Crippen molar-refractivity contribution in [2.75, 3.05) is 25.6 Å². The second-order valence-corrected chi connectivity index (χ2v) is 5.99. The number of methoxy groups -OCH3 is 1. The Labute approximate surface area is 157 Å². The van der Waals surface area contributed by atoms with Crippen molar-refractivity contribution in [1.82, 2.24) is 14.6 Å². The first-order valence-electron chi connectivity index (χ1n) is 8.74. The minimum atomic E-state index is 0.624. The quantitative estimate of drug-likeness (QED) is 0.499. The smallest absolute Gasteiger partial charge is 0.154 e. The van der Waals surface area contributed by atoms with Gasteiger partial charge in [0, 0.05) is 19.2 Å². The Bertz CT molecular complexity index is 1010. The van der Waals surface area contributed by atoms with Gasteiger partial charge in [-0.15, -0.1) is 5.10 Å². The van der Waals surface area contributed by atoms with E-state index in [2.05, 4.69) is 15.4 Å². The van der Waals surface area contributed by atoms with Crippen LogP contribution in [0.4, 0.5) is 5.82 Å². The summed E-state index contributed by atoms with van der Waals surface area (Å²) in [5.41, 5.74) is 2.74. The highest BCUT2D eigenvalue weighted by Gasteiger charge is 2.08. The number of anilines is 1. The molecule has 0 atom stereocenters. The molecule has 2 heterocycles. The predicted octanol–water partition coefficient (Wildman–Crippen LogP) is 4.25. The number of benzene rings is 2. The highest BCUT2D eigenvalue weighted by atomic mass is 16.5. The van der Waals surface area contributed by atoms with Crippen LogP contribution in [0.25, 0.3) is 16.9 Å². The third-order valence-corrected chi connectivity index (χ3v) is 4.10. The Kier molecular flexibility index (Phi) is 4.98. The molecule has 0 aliphatic carbocycles. The van der Waals surface area contributed by atoms with Crippen molar-refractivity contribution in [2.45, 2.75) is 0 Å². The van der Waals surface area contributed by atoms with Gasteiger partial charge in [-0.1, -0.05) is 18.2 Å². The number of aromatic nitrogens is 3. The molecule has 0 aliphatic heterocycles. The van der Waals surface area contributed by atoms with E-state index in [9.17, 15) is 0 Å². The lowest BCUT2D eigenvalue weighted by Crippen LogP contribution is -2.10. The van der Waals surface area contributed by atoms with E-state index in [4.69, 9.17) is 9.47 Å². The van der Waals surface area contributed by atoms with Crippen LogP contribution in [0.1, 0.15) is 0 Å². The summed E-state index contributed by atoms with van der Waals surface area (Å²) in [7, 11) is 1.68. The van der Waals surface area contributed by atoms with E-state index >= 15 is 0 Å². The summed E-state index contributed by atoms with van der Waals surface area (Å²) in [5.74, 6) is 2.38. The zero-order valence-corrected chi connectivity index (χ0v) is 15.0. The maximum Gasteiger partial charge on any atom is 0.154 e. The molecular weight excluding hydrogens is 340 g/mol. The zero-order valence-electron chi connectivity index (χ0n) is 15.0. The predicted molar refractivity (Wildman–Crippen MR) is 105 cm³/mol. The van der Waals surface area contributed by atoms with Crippen LogP contribution in [0.2, 0.25) is 0 Å². The number of para-hydroxylation sites is 1. The Morgan fingerprint density at radius 2 is 1.70 bits per heavy atom. The lowest BCUT2D eigenvalue weighted by atomic mass is 10.1. The molecule has 136 valence electrons. The molecule has 4 aromatic rings. The van der Waals surface area contributed by atoms with Gasteiger partial charge < -0.3 is 14.8 Å². The van der Waals surface area contributed by atoms with Gasteiger partial charge in [-0.3, -0.25) is 0 Å². The van der Waals surface area contributed by atoms with Gasteiger partial charge in [0.15, 0.2) is 5.65 Å². The summed E-state index contributed by atoms with van der Waals surface area (Å²) in [6.07, 6.45) is 1.83. The molecular formula is C21H20N4O2. The zero-order chi connectivity index (χ0) is 18.5. The number of nitrogens with one attached hydrogen (secondary N) is 1. The molecule has 0 saturated heterocycles. The number of fused-ring (bicyclic) bond motifs is 1. The minimum Gasteiger partial charge on any atom is -0.457 e. The Hall–Kier alpha value is -3.38. The summed E-state index contributed by atoms with van der Waals surface area (Å²) < 4.78 is 12.7. The second kappa shape index (κ2) is 7.88. The van der Waals surface area contributed by atoms with E-state index < -0.39 is 0 Å². The molecule has 0 amide bonds. The standard InChI is InChI=1S/C21H20N4O2/c1-26-14-13-22-20-11-12-21-23-15-19(25(21)24-20)16-7-9-18(10-8-16)27-17-5-3-2-4-6-17/h2-12,15H,13-14H2,1H3,(H,22,24). The van der Waals surface area contributed by atoms with Crippen LogP contribution in [-0.4, -0.2) is 34.9 Å². The molecule has 2 aromatic carbocycles. The van der Waals surface area contributed by atoms with Crippen molar-refractivity contribution >= 4 is 11.5 Å². The average Bonchev–Trinajstić information content (AvgIpc) is 3.13. The average molecular weight is 360 g/mol. The maximum absolute atomic E-state index is 5.85. The van der Waals surface area contributed by atoms with Crippen LogP contribution in [0.5, 0.6) is 11.5 Å². The molecule has 0 radical (unpaired) electrons. The SMILES string of the molecule is COCCNc1ccc2ncc(-c3ccc(Oc4ccccc4)cc3)n2n1. The maximum atomic E-state index is 5.85. The topological polar surface area (TPSA) is 60.7 Å². The van der Waals surface area contributed by atoms with Gasteiger partial charge in [0.2, 0.25) is 0 Å². The lowest BCUT2D eigenvalue weighted by Gasteiger charge is -2.08. The van der Waals surface area contributed by atoms with Gasteiger partial charge in [0.1, 0.15) is 17.3 Å². The summed E-state index contributed by atoms with van der Waals surface area (Å²) in [4.78, 5) is 4.44. The van der Waals surface area contributed by atoms with Gasteiger partial charge in [-0.25, -0.2) is 9.50 Å². The molecule has 0 fully saturated rings. The van der Waals surface area contributed by atoms with E-state index in [1.165, 1.54) is 0 Å². The van der Waals surface area contributed by atoms with Crippen molar-refractivity contribution in [3.8, 4) is 22.8 Å². The first kappa shape index (κ1) is 17.1. The fourth-order valence-electron chi connectivity index (χ4n) is 2.76. The monoisotopic (exact) mass is 360 g/mol. The molecule has 0 spiro atoms. The minimum absolute atomic E-state index is 0.624. The summed E-state index contributed by atoms with van der Waals surface area (Å²) in [6, 6.07) is 21.5.